The zero-order chi connectivity index (χ0) is 16.1. The van der Waals surface area contributed by atoms with Gasteiger partial charge in [0, 0.05) is 17.6 Å². The minimum Gasteiger partial charge on any atom is -0.493 e. The van der Waals surface area contributed by atoms with Crippen molar-refractivity contribution in [3.8, 4) is 5.75 Å². The van der Waals surface area contributed by atoms with Crippen molar-refractivity contribution in [3.05, 3.63) is 27.7 Å². The molecule has 1 heterocycles. The van der Waals surface area contributed by atoms with Gasteiger partial charge in [0.25, 0.3) is 0 Å². The maximum atomic E-state index is 5.99. The fraction of sp³-hybridized carbons (Fsp3) is 0.667. The molecule has 0 amide bonds. The molecule has 1 saturated heterocycles. The largest absolute Gasteiger partial charge is 0.493 e. The summed E-state index contributed by atoms with van der Waals surface area (Å²) in [6.07, 6.45) is 2.98. The Kier molecular flexibility index (Phi) is 6.72. The van der Waals surface area contributed by atoms with E-state index in [0.29, 0.717) is 12.2 Å². The van der Waals surface area contributed by atoms with Crippen molar-refractivity contribution in [2.75, 3.05) is 26.2 Å². The van der Waals surface area contributed by atoms with E-state index in [-0.39, 0.29) is 0 Å². The van der Waals surface area contributed by atoms with Gasteiger partial charge in [-0.05, 0) is 70.3 Å². The second-order valence-corrected chi connectivity index (χ2v) is 7.36. The van der Waals surface area contributed by atoms with Crippen LogP contribution in [-0.4, -0.2) is 43.3 Å². The molecule has 0 aliphatic carbocycles. The predicted octanol–water partition coefficient (Wildman–Crippen LogP) is 4.33. The number of ether oxygens (including phenoxy) is 2. The molecule has 2 rings (SSSR count). The smallest absolute Gasteiger partial charge is 0.125 e. The van der Waals surface area contributed by atoms with Gasteiger partial charge in [0.15, 0.2) is 0 Å². The van der Waals surface area contributed by atoms with Gasteiger partial charge in [-0.25, -0.2) is 0 Å². The highest BCUT2D eigenvalue weighted by molar-refractivity contribution is 9.10. The average molecular weight is 370 g/mol. The molecule has 124 valence electrons. The van der Waals surface area contributed by atoms with Crippen LogP contribution in [0.5, 0.6) is 5.75 Å². The van der Waals surface area contributed by atoms with Gasteiger partial charge in [-0.3, -0.25) is 4.90 Å². The van der Waals surface area contributed by atoms with Gasteiger partial charge in [-0.1, -0.05) is 15.9 Å². The number of benzene rings is 1. The molecule has 0 N–H and O–H groups in total. The van der Waals surface area contributed by atoms with Crippen LogP contribution in [0.4, 0.5) is 0 Å². The number of aryl methyl sites for hydroxylation is 2. The van der Waals surface area contributed by atoms with E-state index in [0.717, 1.165) is 42.9 Å². The summed E-state index contributed by atoms with van der Waals surface area (Å²) in [6.45, 7) is 12.5. The van der Waals surface area contributed by atoms with Crippen LogP contribution < -0.4 is 4.74 Å². The van der Waals surface area contributed by atoms with E-state index >= 15 is 0 Å². The predicted molar refractivity (Wildman–Crippen MR) is 94.8 cm³/mol. The van der Waals surface area contributed by atoms with Gasteiger partial charge >= 0.3 is 0 Å². The van der Waals surface area contributed by atoms with Crippen LogP contribution in [0.25, 0.3) is 0 Å². The van der Waals surface area contributed by atoms with Crippen molar-refractivity contribution < 1.29 is 9.47 Å². The molecule has 1 aliphatic heterocycles. The summed E-state index contributed by atoms with van der Waals surface area (Å²) in [5, 5.41) is 0. The topological polar surface area (TPSA) is 21.7 Å². The Bertz CT molecular complexity index is 459. The maximum absolute atomic E-state index is 5.99. The molecule has 0 spiro atoms. The number of nitrogens with zero attached hydrogens (tertiary/aromatic N) is 1. The number of rotatable bonds is 6. The Labute approximate surface area is 143 Å². The quantitative estimate of drug-likeness (QED) is 0.696. The molecule has 1 aliphatic rings. The first-order valence-corrected chi connectivity index (χ1v) is 9.02. The van der Waals surface area contributed by atoms with E-state index in [9.17, 15) is 0 Å². The minimum absolute atomic E-state index is 0.355. The lowest BCUT2D eigenvalue weighted by molar-refractivity contribution is -0.0682. The first-order chi connectivity index (χ1) is 10.5. The highest BCUT2D eigenvalue weighted by Gasteiger charge is 2.21. The zero-order valence-corrected chi connectivity index (χ0v) is 15.8. The molecule has 1 aromatic rings. The number of hydrogen-bond donors (Lipinski definition) is 0. The van der Waals surface area contributed by atoms with Crippen LogP contribution in [0.1, 0.15) is 37.8 Å². The molecule has 1 fully saturated rings. The third-order valence-corrected chi connectivity index (χ3v) is 4.49. The standard InChI is InChI=1S/C18H28BrNO2/c1-13-9-17(19)10-14(2)18(13)21-8-6-5-7-20-11-15(3)22-16(4)12-20/h9-10,15-16H,5-8,11-12H2,1-4H3/t15-,16-/m1/s1. The van der Waals surface area contributed by atoms with Crippen LogP contribution >= 0.6 is 15.9 Å². The Balaban J connectivity index is 1.69. The lowest BCUT2D eigenvalue weighted by Crippen LogP contribution is -2.45. The van der Waals surface area contributed by atoms with Crippen LogP contribution in [0.3, 0.4) is 0 Å². The fourth-order valence-electron chi connectivity index (χ4n) is 3.20. The molecule has 2 atom stereocenters. The highest BCUT2D eigenvalue weighted by atomic mass is 79.9. The molecular formula is C18H28BrNO2. The summed E-state index contributed by atoms with van der Waals surface area (Å²) in [7, 11) is 0. The average Bonchev–Trinajstić information content (AvgIpc) is 2.39. The number of morpholine rings is 1. The van der Waals surface area contributed by atoms with E-state index in [1.165, 1.54) is 17.5 Å². The summed E-state index contributed by atoms with van der Waals surface area (Å²) in [5.74, 6) is 1.04. The van der Waals surface area contributed by atoms with E-state index in [4.69, 9.17) is 9.47 Å². The van der Waals surface area contributed by atoms with Crippen molar-refractivity contribution >= 4 is 15.9 Å². The lowest BCUT2D eigenvalue weighted by atomic mass is 10.1. The monoisotopic (exact) mass is 369 g/mol. The number of unbranched alkanes of at least 4 members (excludes halogenated alkanes) is 1. The van der Waals surface area contributed by atoms with E-state index < -0.39 is 0 Å². The highest BCUT2D eigenvalue weighted by Crippen LogP contribution is 2.27. The molecule has 0 bridgehead atoms. The third-order valence-electron chi connectivity index (χ3n) is 4.04. The SMILES string of the molecule is Cc1cc(Br)cc(C)c1OCCCCN1C[C@@H](C)O[C@H](C)C1. The normalized spacial score (nSPS) is 22.8. The molecular weight excluding hydrogens is 342 g/mol. The van der Waals surface area contributed by atoms with Crippen LogP contribution in [-0.2, 0) is 4.74 Å². The molecule has 1 aromatic carbocycles. The third kappa shape index (κ3) is 5.25. The molecule has 4 heteroatoms. The first kappa shape index (κ1) is 17.8. The number of hydrogen-bond acceptors (Lipinski definition) is 3. The Morgan fingerprint density at radius 2 is 1.73 bits per heavy atom. The van der Waals surface area contributed by atoms with Gasteiger partial charge in [0.05, 0.1) is 18.8 Å². The van der Waals surface area contributed by atoms with E-state index in [1.807, 2.05) is 0 Å². The Morgan fingerprint density at radius 3 is 2.32 bits per heavy atom. The fourth-order valence-corrected chi connectivity index (χ4v) is 3.89. The molecule has 0 unspecified atom stereocenters. The van der Waals surface area contributed by atoms with Gasteiger partial charge < -0.3 is 9.47 Å². The molecule has 22 heavy (non-hydrogen) atoms. The summed E-state index contributed by atoms with van der Waals surface area (Å²) < 4.78 is 12.9. The maximum Gasteiger partial charge on any atom is 0.125 e. The van der Waals surface area contributed by atoms with Crippen LogP contribution in [0.15, 0.2) is 16.6 Å². The lowest BCUT2D eigenvalue weighted by Gasteiger charge is -2.35. The van der Waals surface area contributed by atoms with Crippen molar-refractivity contribution in [2.45, 2.75) is 52.7 Å². The molecule has 0 saturated carbocycles. The van der Waals surface area contributed by atoms with Crippen molar-refractivity contribution in [1.29, 1.82) is 0 Å². The van der Waals surface area contributed by atoms with Crippen molar-refractivity contribution in [2.24, 2.45) is 0 Å². The summed E-state index contributed by atoms with van der Waals surface area (Å²) in [5.41, 5.74) is 2.39. The van der Waals surface area contributed by atoms with Gasteiger partial charge in [-0.2, -0.15) is 0 Å². The van der Waals surface area contributed by atoms with Gasteiger partial charge in [0.1, 0.15) is 5.75 Å². The van der Waals surface area contributed by atoms with Crippen molar-refractivity contribution in [1.82, 2.24) is 4.90 Å². The van der Waals surface area contributed by atoms with E-state index in [1.54, 1.807) is 0 Å². The van der Waals surface area contributed by atoms with E-state index in [2.05, 4.69) is 60.7 Å². The van der Waals surface area contributed by atoms with Crippen molar-refractivity contribution in [3.63, 3.8) is 0 Å². The minimum atomic E-state index is 0.355. The van der Waals surface area contributed by atoms with Gasteiger partial charge in [0.2, 0.25) is 0 Å². The van der Waals surface area contributed by atoms with Gasteiger partial charge in [-0.15, -0.1) is 0 Å². The zero-order valence-electron chi connectivity index (χ0n) is 14.2. The summed E-state index contributed by atoms with van der Waals surface area (Å²) in [6, 6.07) is 4.22. The molecule has 3 nitrogen and oxygen atoms in total. The second-order valence-electron chi connectivity index (χ2n) is 6.44. The Hall–Kier alpha value is -0.580. The summed E-state index contributed by atoms with van der Waals surface area (Å²) >= 11 is 3.52. The summed E-state index contributed by atoms with van der Waals surface area (Å²) in [4.78, 5) is 2.51. The van der Waals surface area contributed by atoms with Crippen LogP contribution in [0, 0.1) is 13.8 Å². The second kappa shape index (κ2) is 8.32. The Morgan fingerprint density at radius 1 is 1.14 bits per heavy atom. The number of halogens is 1. The first-order valence-electron chi connectivity index (χ1n) is 8.23. The van der Waals surface area contributed by atoms with Crippen LogP contribution in [0.2, 0.25) is 0 Å². The molecule has 0 radical (unpaired) electrons. The molecule has 0 aromatic heterocycles.